The van der Waals surface area contributed by atoms with E-state index in [1.165, 1.54) is 6.20 Å². The van der Waals surface area contributed by atoms with Crippen LogP contribution in [-0.4, -0.2) is 45.4 Å². The van der Waals surface area contributed by atoms with E-state index in [1.54, 1.807) is 19.2 Å². The summed E-state index contributed by atoms with van der Waals surface area (Å²) in [5.74, 6) is 1.05. The summed E-state index contributed by atoms with van der Waals surface area (Å²) >= 11 is 0. The molecule has 0 spiro atoms. The molecule has 0 aliphatic rings. The Balaban J connectivity index is 0.000000185. The molecular formula is C34H35N6O7+. The standard InChI is InChI=1S/C17H17N3O4.C17H17N3O3/c1-12-9-15-14(10-20(12)22)19-16(24-15)7-8-18-17(21)23-11-13-5-3-2-4-6-13;1-12-9-15-14(10-19-12)20-16(23-15)7-8-18-17(21)22-11-13-5-3-2-4-6-13/h2-6,9-10H,7-8,11H2,1H3,(H-,18,21,22);2-6,9-10H,7-8,11H2,1H3,(H,18,21)/p+1. The summed E-state index contributed by atoms with van der Waals surface area (Å²) < 4.78 is 22.4. The van der Waals surface area contributed by atoms with Crippen LogP contribution in [0.2, 0.25) is 0 Å². The van der Waals surface area contributed by atoms with E-state index in [9.17, 15) is 14.8 Å². The molecular weight excluding hydrogens is 604 g/mol. The van der Waals surface area contributed by atoms with Gasteiger partial charge in [-0.05, 0) is 18.1 Å². The summed E-state index contributed by atoms with van der Waals surface area (Å²) in [6.07, 6.45) is 3.15. The number of nitrogens with zero attached hydrogens (tertiary/aromatic N) is 4. The van der Waals surface area contributed by atoms with Gasteiger partial charge in [-0.2, -0.15) is 0 Å². The van der Waals surface area contributed by atoms with Crippen LogP contribution in [-0.2, 0) is 35.5 Å². The van der Waals surface area contributed by atoms with Crippen LogP contribution in [0.4, 0.5) is 9.59 Å². The highest BCUT2D eigenvalue weighted by atomic mass is 16.6. The maximum absolute atomic E-state index is 11.6. The van der Waals surface area contributed by atoms with Crippen molar-refractivity contribution in [2.24, 2.45) is 0 Å². The lowest BCUT2D eigenvalue weighted by atomic mass is 10.2. The molecule has 6 rings (SSSR count). The molecule has 0 saturated carbocycles. The number of alkyl carbamates (subject to hydrolysis) is 2. The summed E-state index contributed by atoms with van der Waals surface area (Å²) in [4.78, 5) is 36.0. The van der Waals surface area contributed by atoms with Gasteiger partial charge in [-0.1, -0.05) is 60.7 Å². The van der Waals surface area contributed by atoms with Gasteiger partial charge in [-0.3, -0.25) is 10.2 Å². The number of rotatable bonds is 10. The van der Waals surface area contributed by atoms with Gasteiger partial charge in [0, 0.05) is 49.3 Å². The Morgan fingerprint density at radius 2 is 1.28 bits per heavy atom. The van der Waals surface area contributed by atoms with E-state index in [1.807, 2.05) is 73.7 Å². The van der Waals surface area contributed by atoms with Crippen molar-refractivity contribution in [1.82, 2.24) is 25.6 Å². The van der Waals surface area contributed by atoms with Crippen LogP contribution in [0.5, 0.6) is 0 Å². The molecule has 47 heavy (non-hydrogen) atoms. The van der Waals surface area contributed by atoms with Crippen LogP contribution in [0.1, 0.15) is 34.3 Å². The van der Waals surface area contributed by atoms with Crippen LogP contribution in [0, 0.1) is 13.8 Å². The molecule has 0 bridgehead atoms. The molecule has 242 valence electrons. The fourth-order valence-corrected chi connectivity index (χ4v) is 4.34. The van der Waals surface area contributed by atoms with Crippen molar-refractivity contribution in [2.45, 2.75) is 39.9 Å². The maximum Gasteiger partial charge on any atom is 0.407 e. The Kier molecular flexibility index (Phi) is 10.9. The Labute approximate surface area is 270 Å². The Morgan fingerprint density at radius 1 is 0.766 bits per heavy atom. The number of amides is 2. The van der Waals surface area contributed by atoms with Crippen molar-refractivity contribution in [3.05, 3.63) is 119 Å². The Morgan fingerprint density at radius 3 is 1.83 bits per heavy atom. The normalized spacial score (nSPS) is 10.7. The largest absolute Gasteiger partial charge is 0.445 e. The van der Waals surface area contributed by atoms with Crippen LogP contribution in [0.25, 0.3) is 22.2 Å². The second-order valence-electron chi connectivity index (χ2n) is 10.5. The quantitative estimate of drug-likeness (QED) is 0.135. The highest BCUT2D eigenvalue weighted by Crippen LogP contribution is 2.16. The van der Waals surface area contributed by atoms with E-state index >= 15 is 0 Å². The summed E-state index contributed by atoms with van der Waals surface area (Å²) in [6.45, 7) is 4.87. The minimum absolute atomic E-state index is 0.228. The van der Waals surface area contributed by atoms with Crippen LogP contribution >= 0.6 is 0 Å². The predicted octanol–water partition coefficient (Wildman–Crippen LogP) is 5.13. The number of fused-ring (bicyclic) bond motifs is 2. The average Bonchev–Trinajstić information content (AvgIpc) is 3.66. The smallest absolute Gasteiger partial charge is 0.407 e. The third kappa shape index (κ3) is 9.75. The van der Waals surface area contributed by atoms with Gasteiger partial charge in [0.25, 0.3) is 6.20 Å². The number of oxazole rings is 2. The van der Waals surface area contributed by atoms with E-state index in [2.05, 4.69) is 25.6 Å². The molecule has 0 aliphatic carbocycles. The van der Waals surface area contributed by atoms with Gasteiger partial charge >= 0.3 is 12.2 Å². The SMILES string of the molecule is Cc1cc2oc(CCNC(=O)OCc3ccccc3)nc2c[n+]1O.Cc1cc2oc(CCNC(=O)OCc3ccccc3)nc2cn1. The number of aromatic nitrogens is 4. The second kappa shape index (κ2) is 15.8. The lowest BCUT2D eigenvalue weighted by Crippen LogP contribution is -2.32. The van der Waals surface area contributed by atoms with Crippen molar-refractivity contribution in [1.29, 1.82) is 0 Å². The molecule has 0 unspecified atom stereocenters. The number of pyridine rings is 2. The zero-order valence-corrected chi connectivity index (χ0v) is 26.0. The van der Waals surface area contributed by atoms with Crippen molar-refractivity contribution >= 4 is 34.4 Å². The van der Waals surface area contributed by atoms with E-state index in [0.717, 1.165) is 27.1 Å². The molecule has 2 amide bonds. The van der Waals surface area contributed by atoms with E-state index in [-0.39, 0.29) is 13.2 Å². The van der Waals surface area contributed by atoms with Gasteiger partial charge in [0.05, 0.1) is 12.3 Å². The second-order valence-corrected chi connectivity index (χ2v) is 10.5. The number of carbonyl (C=O) groups excluding carboxylic acids is 2. The first-order chi connectivity index (χ1) is 22.8. The first-order valence-electron chi connectivity index (χ1n) is 14.9. The number of aryl methyl sites for hydroxylation is 2. The van der Waals surface area contributed by atoms with Gasteiger partial charge in [0.15, 0.2) is 28.5 Å². The highest BCUT2D eigenvalue weighted by molar-refractivity contribution is 5.72. The lowest BCUT2D eigenvalue weighted by Gasteiger charge is -2.05. The summed E-state index contributed by atoms with van der Waals surface area (Å²) in [6, 6.07) is 22.5. The first kappa shape index (κ1) is 32.4. The topological polar surface area (TPSA) is 166 Å². The number of carbonyl (C=O) groups is 2. The molecule has 13 heteroatoms. The summed E-state index contributed by atoms with van der Waals surface area (Å²) in [5.41, 5.74) is 5.99. The molecule has 13 nitrogen and oxygen atoms in total. The first-order valence-corrected chi connectivity index (χ1v) is 14.9. The number of hydrogen-bond acceptors (Lipinski definition) is 10. The zero-order valence-electron chi connectivity index (χ0n) is 26.0. The summed E-state index contributed by atoms with van der Waals surface area (Å²) in [7, 11) is 0. The molecule has 4 aromatic heterocycles. The molecule has 0 saturated heterocycles. The molecule has 4 heterocycles. The van der Waals surface area contributed by atoms with Crippen LogP contribution in [0.3, 0.4) is 0 Å². The van der Waals surface area contributed by atoms with E-state index < -0.39 is 12.2 Å². The minimum Gasteiger partial charge on any atom is -0.445 e. The Hall–Kier alpha value is -5.98. The molecule has 0 aliphatic heterocycles. The van der Waals surface area contributed by atoms with Gasteiger partial charge in [-0.15, -0.1) is 0 Å². The van der Waals surface area contributed by atoms with Crippen LogP contribution < -0.4 is 15.4 Å². The predicted molar refractivity (Wildman–Crippen MR) is 169 cm³/mol. The average molecular weight is 640 g/mol. The fraction of sp³-hybridized carbons (Fsp3) is 0.235. The third-order valence-corrected chi connectivity index (χ3v) is 6.77. The molecule has 0 fully saturated rings. The van der Waals surface area contributed by atoms with Crippen molar-refractivity contribution in [2.75, 3.05) is 13.1 Å². The van der Waals surface area contributed by atoms with Crippen LogP contribution in [0.15, 0.2) is 94.0 Å². The number of nitrogens with one attached hydrogen (secondary N) is 2. The fourth-order valence-electron chi connectivity index (χ4n) is 4.34. The molecule has 0 atom stereocenters. The highest BCUT2D eigenvalue weighted by Gasteiger charge is 2.14. The van der Waals surface area contributed by atoms with Crippen molar-refractivity contribution in [3.8, 4) is 0 Å². The maximum atomic E-state index is 11.6. The number of benzene rings is 2. The molecule has 0 radical (unpaired) electrons. The van der Waals surface area contributed by atoms with Gasteiger partial charge in [-0.25, -0.2) is 19.6 Å². The van der Waals surface area contributed by atoms with E-state index in [4.69, 9.17) is 18.3 Å². The molecule has 6 aromatic rings. The monoisotopic (exact) mass is 639 g/mol. The van der Waals surface area contributed by atoms with Gasteiger partial charge < -0.3 is 28.9 Å². The van der Waals surface area contributed by atoms with Crippen molar-refractivity contribution < 1.29 is 37.8 Å². The van der Waals surface area contributed by atoms with Crippen molar-refractivity contribution in [3.63, 3.8) is 0 Å². The van der Waals surface area contributed by atoms with Gasteiger partial charge in [0.1, 0.15) is 18.7 Å². The summed E-state index contributed by atoms with van der Waals surface area (Å²) in [5, 5.41) is 14.9. The van der Waals surface area contributed by atoms with E-state index in [0.29, 0.717) is 60.1 Å². The zero-order chi connectivity index (χ0) is 33.0. The number of hydrogen-bond donors (Lipinski definition) is 3. The molecule has 3 N–H and O–H groups in total. The minimum atomic E-state index is -0.487. The number of ether oxygens (including phenoxy) is 2. The van der Waals surface area contributed by atoms with Gasteiger partial charge in [0.2, 0.25) is 5.69 Å². The lowest BCUT2D eigenvalue weighted by molar-refractivity contribution is -0.908. The molecule has 2 aromatic carbocycles. The Bertz CT molecular complexity index is 1890. The third-order valence-electron chi connectivity index (χ3n) is 6.77.